The summed E-state index contributed by atoms with van der Waals surface area (Å²) in [5.74, 6) is -1.38. The fourth-order valence-corrected chi connectivity index (χ4v) is 2.94. The molecule has 0 spiro atoms. The van der Waals surface area contributed by atoms with Crippen molar-refractivity contribution in [2.75, 3.05) is 6.54 Å². The Morgan fingerprint density at radius 3 is 2.42 bits per heavy atom. The van der Waals surface area contributed by atoms with Crippen LogP contribution < -0.4 is 16.4 Å². The average molecular weight is 429 g/mol. The molecule has 0 aliphatic rings. The van der Waals surface area contributed by atoms with Gasteiger partial charge in [0.05, 0.1) is 0 Å². The molecule has 0 heterocycles. The van der Waals surface area contributed by atoms with E-state index in [9.17, 15) is 18.8 Å². The Morgan fingerprint density at radius 1 is 0.968 bits per heavy atom. The van der Waals surface area contributed by atoms with Gasteiger partial charge in [0.25, 0.3) is 0 Å². The molecular formula is C23H28FN3O4. The molecule has 0 aromatic heterocycles. The minimum atomic E-state index is -0.893. The highest BCUT2D eigenvalue weighted by molar-refractivity contribution is 5.86. The van der Waals surface area contributed by atoms with Crippen LogP contribution in [0.3, 0.4) is 0 Å². The molecule has 4 N–H and O–H groups in total. The van der Waals surface area contributed by atoms with Gasteiger partial charge in [-0.25, -0.2) is 9.18 Å². The van der Waals surface area contributed by atoms with Gasteiger partial charge in [0.15, 0.2) is 0 Å². The van der Waals surface area contributed by atoms with E-state index in [0.29, 0.717) is 24.9 Å². The molecule has 2 rings (SSSR count). The van der Waals surface area contributed by atoms with Gasteiger partial charge >= 0.3 is 6.09 Å². The zero-order chi connectivity index (χ0) is 22.5. The fourth-order valence-electron chi connectivity index (χ4n) is 2.94. The summed E-state index contributed by atoms with van der Waals surface area (Å²) in [6.07, 6.45) is 1.88. The van der Waals surface area contributed by atoms with E-state index >= 15 is 0 Å². The number of nitrogens with two attached hydrogens (primary N) is 1. The summed E-state index contributed by atoms with van der Waals surface area (Å²) in [7, 11) is 0. The number of nitrogens with one attached hydrogen (secondary N) is 2. The number of carbonyl (C=O) groups is 3. The zero-order valence-corrected chi connectivity index (χ0v) is 17.3. The van der Waals surface area contributed by atoms with Crippen LogP contribution in [0.15, 0.2) is 54.6 Å². The first-order valence-electron chi connectivity index (χ1n) is 10.2. The van der Waals surface area contributed by atoms with Crippen molar-refractivity contribution in [2.24, 2.45) is 5.73 Å². The highest BCUT2D eigenvalue weighted by Gasteiger charge is 2.18. The van der Waals surface area contributed by atoms with Crippen LogP contribution in [0.2, 0.25) is 0 Å². The number of rotatable bonds is 12. The van der Waals surface area contributed by atoms with Crippen molar-refractivity contribution in [1.29, 1.82) is 0 Å². The number of halogens is 1. The molecule has 0 bridgehead atoms. The molecule has 0 saturated carbocycles. The molecule has 0 aliphatic heterocycles. The van der Waals surface area contributed by atoms with Gasteiger partial charge in [-0.3, -0.25) is 9.59 Å². The summed E-state index contributed by atoms with van der Waals surface area (Å²) in [5, 5.41) is 5.27. The number of carbonyl (C=O) groups excluding carboxylic acids is 3. The minimum absolute atomic E-state index is 0.133. The third-order valence-electron chi connectivity index (χ3n) is 4.57. The smallest absolute Gasteiger partial charge is 0.407 e. The Morgan fingerprint density at radius 2 is 1.71 bits per heavy atom. The molecule has 7 nitrogen and oxygen atoms in total. The molecule has 31 heavy (non-hydrogen) atoms. The van der Waals surface area contributed by atoms with Crippen molar-refractivity contribution in [3.8, 4) is 0 Å². The zero-order valence-electron chi connectivity index (χ0n) is 17.3. The number of primary amides is 1. The molecule has 0 aliphatic carbocycles. The van der Waals surface area contributed by atoms with E-state index in [4.69, 9.17) is 10.5 Å². The van der Waals surface area contributed by atoms with Gasteiger partial charge in [0.2, 0.25) is 11.8 Å². The molecule has 0 saturated heterocycles. The van der Waals surface area contributed by atoms with Crippen LogP contribution in [0.5, 0.6) is 0 Å². The standard InChI is InChI=1S/C23H28FN3O4/c24-19-11-7-10-18(14-19)15-20(22(25)29)27-21(28)12-5-2-6-13-26-23(30)31-16-17-8-3-1-4-9-17/h1,3-4,7-11,14,20H,2,5-6,12-13,15-16H2,(H2,25,29)(H,26,30)(H,27,28)/t20-/m1/s1. The third-order valence-corrected chi connectivity index (χ3v) is 4.57. The number of alkyl carbamates (subject to hydrolysis) is 1. The third kappa shape index (κ3) is 9.75. The Labute approximate surface area is 181 Å². The summed E-state index contributed by atoms with van der Waals surface area (Å²) in [6, 6.07) is 14.3. The van der Waals surface area contributed by atoms with Crippen molar-refractivity contribution in [1.82, 2.24) is 10.6 Å². The van der Waals surface area contributed by atoms with Crippen LogP contribution in [-0.2, 0) is 27.4 Å². The largest absolute Gasteiger partial charge is 0.445 e. The Balaban J connectivity index is 1.58. The van der Waals surface area contributed by atoms with Crippen molar-refractivity contribution in [2.45, 2.75) is 44.8 Å². The number of hydrogen-bond acceptors (Lipinski definition) is 4. The number of amides is 3. The predicted molar refractivity (Wildman–Crippen MR) is 114 cm³/mol. The minimum Gasteiger partial charge on any atom is -0.445 e. The lowest BCUT2D eigenvalue weighted by molar-refractivity contribution is -0.127. The summed E-state index contributed by atoms with van der Waals surface area (Å²) < 4.78 is 18.4. The molecule has 0 radical (unpaired) electrons. The van der Waals surface area contributed by atoms with Gasteiger partial charge in [0.1, 0.15) is 18.5 Å². The summed E-state index contributed by atoms with van der Waals surface area (Å²) in [5.41, 5.74) is 6.85. The molecule has 2 aromatic rings. The second-order valence-electron chi connectivity index (χ2n) is 7.16. The Kier molecular flexibility index (Phi) is 10.0. The first kappa shape index (κ1) is 23.9. The number of benzene rings is 2. The molecule has 166 valence electrons. The van der Waals surface area contributed by atoms with Crippen LogP contribution in [0.25, 0.3) is 0 Å². The molecule has 1 atom stereocenters. The quantitative estimate of drug-likeness (QED) is 0.451. The lowest BCUT2D eigenvalue weighted by Crippen LogP contribution is -2.45. The van der Waals surface area contributed by atoms with Crippen molar-refractivity contribution in [3.63, 3.8) is 0 Å². The second-order valence-corrected chi connectivity index (χ2v) is 7.16. The Bertz CT molecular complexity index is 861. The van der Waals surface area contributed by atoms with E-state index < -0.39 is 23.9 Å². The molecular weight excluding hydrogens is 401 g/mol. The van der Waals surface area contributed by atoms with Crippen LogP contribution in [0.4, 0.5) is 9.18 Å². The molecule has 3 amide bonds. The van der Waals surface area contributed by atoms with E-state index in [1.807, 2.05) is 30.3 Å². The van der Waals surface area contributed by atoms with Gasteiger partial charge in [-0.05, 0) is 36.1 Å². The number of hydrogen-bond donors (Lipinski definition) is 3. The van der Waals surface area contributed by atoms with Gasteiger partial charge in [-0.15, -0.1) is 0 Å². The molecule has 8 heteroatoms. The van der Waals surface area contributed by atoms with Gasteiger partial charge in [-0.1, -0.05) is 48.9 Å². The summed E-state index contributed by atoms with van der Waals surface area (Å²) in [4.78, 5) is 35.4. The normalized spacial score (nSPS) is 11.4. The SMILES string of the molecule is NC(=O)[C@@H](Cc1cccc(F)c1)NC(=O)CCCCCNC(=O)OCc1ccccc1. The van der Waals surface area contributed by atoms with Gasteiger partial charge in [0, 0.05) is 19.4 Å². The maximum absolute atomic E-state index is 13.3. The molecule has 0 unspecified atom stereocenters. The Hall–Kier alpha value is -3.42. The lowest BCUT2D eigenvalue weighted by Gasteiger charge is -2.15. The van der Waals surface area contributed by atoms with E-state index in [-0.39, 0.29) is 25.4 Å². The molecule has 2 aromatic carbocycles. The number of unbranched alkanes of at least 4 members (excludes halogenated alkanes) is 2. The lowest BCUT2D eigenvalue weighted by atomic mass is 10.0. The molecule has 0 fully saturated rings. The summed E-state index contributed by atoms with van der Waals surface area (Å²) in [6.45, 7) is 0.655. The van der Waals surface area contributed by atoms with E-state index in [0.717, 1.165) is 12.0 Å². The fraction of sp³-hybridized carbons (Fsp3) is 0.348. The maximum Gasteiger partial charge on any atom is 0.407 e. The van der Waals surface area contributed by atoms with Gasteiger partial charge in [-0.2, -0.15) is 0 Å². The van der Waals surface area contributed by atoms with E-state index in [1.165, 1.54) is 18.2 Å². The first-order chi connectivity index (χ1) is 14.9. The topological polar surface area (TPSA) is 111 Å². The van der Waals surface area contributed by atoms with Crippen LogP contribution in [0, 0.1) is 5.82 Å². The summed E-state index contributed by atoms with van der Waals surface area (Å²) >= 11 is 0. The van der Waals surface area contributed by atoms with Crippen LogP contribution >= 0.6 is 0 Å². The predicted octanol–water partition coefficient (Wildman–Crippen LogP) is 2.83. The van der Waals surface area contributed by atoms with Crippen LogP contribution in [0.1, 0.15) is 36.8 Å². The number of ether oxygens (including phenoxy) is 1. The van der Waals surface area contributed by atoms with Crippen molar-refractivity contribution < 1.29 is 23.5 Å². The second kappa shape index (κ2) is 13.0. The van der Waals surface area contributed by atoms with Crippen molar-refractivity contribution >= 4 is 17.9 Å². The van der Waals surface area contributed by atoms with Gasteiger partial charge < -0.3 is 21.1 Å². The average Bonchev–Trinajstić information content (AvgIpc) is 2.75. The van der Waals surface area contributed by atoms with Crippen molar-refractivity contribution in [3.05, 3.63) is 71.5 Å². The van der Waals surface area contributed by atoms with E-state index in [2.05, 4.69) is 10.6 Å². The highest BCUT2D eigenvalue weighted by atomic mass is 19.1. The van der Waals surface area contributed by atoms with E-state index in [1.54, 1.807) is 6.07 Å². The maximum atomic E-state index is 13.3. The monoisotopic (exact) mass is 429 g/mol. The first-order valence-corrected chi connectivity index (χ1v) is 10.2. The highest BCUT2D eigenvalue weighted by Crippen LogP contribution is 2.07. The van der Waals surface area contributed by atoms with Crippen LogP contribution in [-0.4, -0.2) is 30.5 Å².